The molecule has 2 N–H and O–H groups in total. The Morgan fingerprint density at radius 3 is 2.73 bits per heavy atom. The van der Waals surface area contributed by atoms with Gasteiger partial charge < -0.3 is 20.3 Å². The number of carbonyl (C=O) groups excluding carboxylic acids is 2. The van der Waals surface area contributed by atoms with Gasteiger partial charge in [-0.15, -0.1) is 0 Å². The lowest BCUT2D eigenvalue weighted by molar-refractivity contribution is -0.119. The van der Waals surface area contributed by atoms with Crippen LogP contribution in [-0.2, 0) is 4.79 Å². The Bertz CT molecular complexity index is 812. The number of ether oxygens (including phenoxy) is 1. The lowest BCUT2D eigenvalue weighted by Gasteiger charge is -2.24. The fraction of sp³-hybridized carbons (Fsp3) is 0.263. The number of hydrogen-bond donors (Lipinski definition) is 2. The minimum Gasteiger partial charge on any atom is -0.495 e. The molecular formula is C19H20ClN3O3. The first-order chi connectivity index (χ1) is 12.6. The fourth-order valence-corrected chi connectivity index (χ4v) is 3.20. The summed E-state index contributed by atoms with van der Waals surface area (Å²) in [4.78, 5) is 26.8. The molecule has 2 aromatic carbocycles. The summed E-state index contributed by atoms with van der Waals surface area (Å²) in [6.45, 7) is 0.524. The molecule has 1 fully saturated rings. The van der Waals surface area contributed by atoms with E-state index in [0.717, 1.165) is 6.42 Å². The summed E-state index contributed by atoms with van der Waals surface area (Å²) in [5, 5.41) is 6.19. The van der Waals surface area contributed by atoms with E-state index in [-0.39, 0.29) is 11.9 Å². The Labute approximate surface area is 157 Å². The van der Waals surface area contributed by atoms with Crippen LogP contribution in [0.25, 0.3) is 0 Å². The molecular weight excluding hydrogens is 354 g/mol. The molecule has 1 aliphatic rings. The minimum atomic E-state index is -0.529. The van der Waals surface area contributed by atoms with E-state index in [1.165, 1.54) is 0 Å². The van der Waals surface area contributed by atoms with Gasteiger partial charge in [-0.05, 0) is 43.2 Å². The van der Waals surface area contributed by atoms with Crippen molar-refractivity contribution in [2.75, 3.05) is 24.3 Å². The summed E-state index contributed by atoms with van der Waals surface area (Å²) in [6, 6.07) is 13.2. The molecule has 0 saturated carbocycles. The number of hydrogen-bond acceptors (Lipinski definition) is 3. The van der Waals surface area contributed by atoms with E-state index in [0.29, 0.717) is 35.1 Å². The third-order valence-corrected chi connectivity index (χ3v) is 4.49. The van der Waals surface area contributed by atoms with Crippen molar-refractivity contribution in [3.05, 3.63) is 53.6 Å². The molecule has 2 aromatic rings. The predicted molar refractivity (Wildman–Crippen MR) is 102 cm³/mol. The molecule has 136 valence electrons. The van der Waals surface area contributed by atoms with Gasteiger partial charge >= 0.3 is 6.03 Å². The van der Waals surface area contributed by atoms with Gasteiger partial charge in [0.2, 0.25) is 5.91 Å². The zero-order valence-corrected chi connectivity index (χ0v) is 15.1. The van der Waals surface area contributed by atoms with Crippen molar-refractivity contribution in [1.29, 1.82) is 0 Å². The number of para-hydroxylation sites is 2. The highest BCUT2D eigenvalue weighted by molar-refractivity contribution is 6.30. The van der Waals surface area contributed by atoms with Crippen LogP contribution >= 0.6 is 11.6 Å². The van der Waals surface area contributed by atoms with E-state index >= 15 is 0 Å². The number of likely N-dealkylation sites (tertiary alicyclic amines) is 1. The number of halogens is 1. The number of carbonyl (C=O) groups is 2. The maximum Gasteiger partial charge on any atom is 0.322 e. The highest BCUT2D eigenvalue weighted by Crippen LogP contribution is 2.26. The predicted octanol–water partition coefficient (Wildman–Crippen LogP) is 3.98. The minimum absolute atomic E-state index is 0.228. The average Bonchev–Trinajstić information content (AvgIpc) is 3.12. The summed E-state index contributed by atoms with van der Waals surface area (Å²) in [5.41, 5.74) is 1.18. The van der Waals surface area contributed by atoms with Gasteiger partial charge in [0, 0.05) is 17.3 Å². The number of anilines is 2. The molecule has 0 spiro atoms. The van der Waals surface area contributed by atoms with Crippen molar-refractivity contribution in [3.8, 4) is 5.75 Å². The first-order valence-corrected chi connectivity index (χ1v) is 8.73. The highest BCUT2D eigenvalue weighted by Gasteiger charge is 2.34. The van der Waals surface area contributed by atoms with Crippen molar-refractivity contribution < 1.29 is 14.3 Å². The van der Waals surface area contributed by atoms with Crippen LogP contribution in [0, 0.1) is 0 Å². The number of methoxy groups -OCH3 is 1. The summed E-state index contributed by atoms with van der Waals surface area (Å²) in [7, 11) is 1.55. The van der Waals surface area contributed by atoms with Crippen molar-refractivity contribution in [2.24, 2.45) is 0 Å². The van der Waals surface area contributed by atoms with E-state index in [1.54, 1.807) is 48.4 Å². The number of amides is 3. The van der Waals surface area contributed by atoms with Crippen LogP contribution in [0.3, 0.4) is 0 Å². The maximum atomic E-state index is 12.7. The Morgan fingerprint density at radius 2 is 1.96 bits per heavy atom. The Kier molecular flexibility index (Phi) is 5.63. The summed E-state index contributed by atoms with van der Waals surface area (Å²) >= 11 is 5.95. The largest absolute Gasteiger partial charge is 0.495 e. The SMILES string of the molecule is COc1ccccc1NC(=O)[C@H]1CCCN1C(=O)Nc1cccc(Cl)c1. The zero-order chi connectivity index (χ0) is 18.5. The number of rotatable bonds is 4. The van der Waals surface area contributed by atoms with Crippen LogP contribution in [0.2, 0.25) is 5.02 Å². The maximum absolute atomic E-state index is 12.7. The molecule has 0 radical (unpaired) electrons. The van der Waals surface area contributed by atoms with Crippen LogP contribution in [-0.4, -0.2) is 36.5 Å². The summed E-state index contributed by atoms with van der Waals surface area (Å²) < 4.78 is 5.25. The zero-order valence-electron chi connectivity index (χ0n) is 14.4. The van der Waals surface area contributed by atoms with Crippen molar-refractivity contribution in [3.63, 3.8) is 0 Å². The average molecular weight is 374 g/mol. The summed E-state index contributed by atoms with van der Waals surface area (Å²) in [6.07, 6.45) is 1.39. The quantitative estimate of drug-likeness (QED) is 0.851. The molecule has 0 aromatic heterocycles. The topological polar surface area (TPSA) is 70.7 Å². The number of nitrogens with one attached hydrogen (secondary N) is 2. The van der Waals surface area contributed by atoms with E-state index in [4.69, 9.17) is 16.3 Å². The lowest BCUT2D eigenvalue weighted by Crippen LogP contribution is -2.45. The van der Waals surface area contributed by atoms with Crippen molar-refractivity contribution >= 4 is 34.9 Å². The number of nitrogens with zero attached hydrogens (tertiary/aromatic N) is 1. The van der Waals surface area contributed by atoms with Gasteiger partial charge in [-0.1, -0.05) is 29.8 Å². The molecule has 6 nitrogen and oxygen atoms in total. The fourth-order valence-electron chi connectivity index (χ4n) is 3.01. The molecule has 26 heavy (non-hydrogen) atoms. The van der Waals surface area contributed by atoms with Gasteiger partial charge in [0.1, 0.15) is 11.8 Å². The van der Waals surface area contributed by atoms with Gasteiger partial charge in [-0.3, -0.25) is 4.79 Å². The second-order valence-electron chi connectivity index (χ2n) is 5.98. The first kappa shape index (κ1) is 18.1. The van der Waals surface area contributed by atoms with Crippen LogP contribution in [0.4, 0.5) is 16.2 Å². The van der Waals surface area contributed by atoms with Crippen molar-refractivity contribution in [2.45, 2.75) is 18.9 Å². The third-order valence-electron chi connectivity index (χ3n) is 4.26. The Hall–Kier alpha value is -2.73. The van der Waals surface area contributed by atoms with E-state index in [2.05, 4.69) is 10.6 Å². The first-order valence-electron chi connectivity index (χ1n) is 8.35. The lowest BCUT2D eigenvalue weighted by atomic mass is 10.2. The van der Waals surface area contributed by atoms with Gasteiger partial charge in [-0.25, -0.2) is 4.79 Å². The molecule has 0 unspecified atom stereocenters. The monoisotopic (exact) mass is 373 g/mol. The van der Waals surface area contributed by atoms with E-state index in [1.807, 2.05) is 12.1 Å². The number of urea groups is 1. The van der Waals surface area contributed by atoms with Gasteiger partial charge in [0.25, 0.3) is 0 Å². The van der Waals surface area contributed by atoms with Gasteiger partial charge in [0.05, 0.1) is 12.8 Å². The Balaban J connectivity index is 1.69. The van der Waals surface area contributed by atoms with Crippen LogP contribution in [0.5, 0.6) is 5.75 Å². The molecule has 7 heteroatoms. The van der Waals surface area contributed by atoms with Crippen LogP contribution < -0.4 is 15.4 Å². The van der Waals surface area contributed by atoms with E-state index < -0.39 is 6.04 Å². The molecule has 1 saturated heterocycles. The molecule has 3 amide bonds. The smallest absolute Gasteiger partial charge is 0.322 e. The Morgan fingerprint density at radius 1 is 1.15 bits per heavy atom. The second kappa shape index (κ2) is 8.10. The molecule has 1 heterocycles. The molecule has 0 aliphatic carbocycles. The second-order valence-corrected chi connectivity index (χ2v) is 6.42. The molecule has 1 atom stereocenters. The van der Waals surface area contributed by atoms with Crippen LogP contribution in [0.1, 0.15) is 12.8 Å². The van der Waals surface area contributed by atoms with Crippen LogP contribution in [0.15, 0.2) is 48.5 Å². The van der Waals surface area contributed by atoms with Gasteiger partial charge in [-0.2, -0.15) is 0 Å². The van der Waals surface area contributed by atoms with E-state index in [9.17, 15) is 9.59 Å². The van der Waals surface area contributed by atoms with Gasteiger partial charge in [0.15, 0.2) is 0 Å². The molecule has 3 rings (SSSR count). The van der Waals surface area contributed by atoms with Crippen molar-refractivity contribution in [1.82, 2.24) is 4.90 Å². The molecule has 1 aliphatic heterocycles. The normalized spacial score (nSPS) is 16.2. The standard InChI is InChI=1S/C19H20ClN3O3/c1-26-17-10-3-2-8-15(17)22-18(24)16-9-5-11-23(16)19(25)21-14-7-4-6-13(20)12-14/h2-4,6-8,10,12,16H,5,9,11H2,1H3,(H,21,25)(H,22,24)/t16-/m1/s1. The summed E-state index contributed by atoms with van der Waals surface area (Å²) in [5.74, 6) is 0.349. The highest BCUT2D eigenvalue weighted by atomic mass is 35.5. The number of benzene rings is 2. The molecule has 0 bridgehead atoms. The third kappa shape index (κ3) is 4.08.